The van der Waals surface area contributed by atoms with Gasteiger partial charge in [0.05, 0.1) is 11.3 Å². The lowest BCUT2D eigenvalue weighted by Gasteiger charge is -2.19. The molecule has 1 aromatic rings. The first kappa shape index (κ1) is 13.4. The van der Waals surface area contributed by atoms with Gasteiger partial charge >= 0.3 is 0 Å². The van der Waals surface area contributed by atoms with E-state index in [1.807, 2.05) is 20.8 Å². The smallest absolute Gasteiger partial charge is 0.209 e. The van der Waals surface area contributed by atoms with Gasteiger partial charge in [0.2, 0.25) is 5.16 Å². The summed E-state index contributed by atoms with van der Waals surface area (Å²) < 4.78 is 23.6. The predicted octanol–water partition coefficient (Wildman–Crippen LogP) is 0.565. The molecule has 0 aromatic carbocycles. The fraction of sp³-hybridized carbons (Fsp3) is 0.875. The second kappa shape index (κ2) is 4.70. The zero-order valence-corrected chi connectivity index (χ0v) is 11.5. The Morgan fingerprint density at radius 3 is 2.50 bits per heavy atom. The van der Waals surface area contributed by atoms with Gasteiger partial charge in [0.25, 0.3) is 0 Å². The second-order valence-corrected chi connectivity index (χ2v) is 7.84. The van der Waals surface area contributed by atoms with Crippen LogP contribution in [-0.4, -0.2) is 46.4 Å². The summed E-state index contributed by atoms with van der Waals surface area (Å²) in [5.41, 5.74) is -0.197. The van der Waals surface area contributed by atoms with E-state index in [0.717, 1.165) is 0 Å². The molecule has 0 fully saturated rings. The first-order chi connectivity index (χ1) is 7.20. The molecule has 1 heterocycles. The maximum atomic E-state index is 11.0. The molecule has 0 radical (unpaired) electrons. The van der Waals surface area contributed by atoms with Crippen molar-refractivity contribution in [2.45, 2.75) is 31.5 Å². The van der Waals surface area contributed by atoms with Crippen LogP contribution in [-0.2, 0) is 15.4 Å². The van der Waals surface area contributed by atoms with Crippen molar-refractivity contribution in [3.63, 3.8) is 0 Å². The van der Waals surface area contributed by atoms with Crippen LogP contribution in [0.4, 0.5) is 0 Å². The highest BCUT2D eigenvalue weighted by molar-refractivity contribution is 8.00. The van der Waals surface area contributed by atoms with Crippen LogP contribution in [0, 0.1) is 0 Å². The van der Waals surface area contributed by atoms with Gasteiger partial charge in [-0.15, -0.1) is 5.10 Å². The molecule has 0 atom stereocenters. The molecule has 0 N–H and O–H groups in total. The Morgan fingerprint density at radius 2 is 2.00 bits per heavy atom. The maximum Gasteiger partial charge on any atom is 0.209 e. The van der Waals surface area contributed by atoms with Crippen LogP contribution in [0.2, 0.25) is 0 Å². The van der Waals surface area contributed by atoms with Crippen LogP contribution in [0.3, 0.4) is 0 Å². The average molecular weight is 264 g/mol. The van der Waals surface area contributed by atoms with Gasteiger partial charge in [-0.05, 0) is 31.2 Å². The molecule has 0 aliphatic carbocycles. The molecule has 0 bridgehead atoms. The average Bonchev–Trinajstić information content (AvgIpc) is 2.48. The maximum absolute atomic E-state index is 11.0. The number of rotatable bonds is 4. The van der Waals surface area contributed by atoms with E-state index in [1.54, 1.807) is 4.68 Å². The Balaban J connectivity index is 2.65. The van der Waals surface area contributed by atoms with Crippen molar-refractivity contribution in [1.29, 1.82) is 0 Å². The van der Waals surface area contributed by atoms with E-state index in [4.69, 9.17) is 0 Å². The Hall–Kier alpha value is -0.630. The summed E-state index contributed by atoms with van der Waals surface area (Å²) in [6.45, 7) is 5.97. The van der Waals surface area contributed by atoms with Crippen molar-refractivity contribution < 1.29 is 8.42 Å². The zero-order valence-electron chi connectivity index (χ0n) is 9.84. The zero-order chi connectivity index (χ0) is 12.4. The predicted molar refractivity (Wildman–Crippen MR) is 63.2 cm³/mol. The molecule has 92 valence electrons. The molecule has 1 aromatic heterocycles. The van der Waals surface area contributed by atoms with Crippen molar-refractivity contribution in [2.75, 3.05) is 17.8 Å². The summed E-state index contributed by atoms with van der Waals surface area (Å²) in [7, 11) is -2.92. The summed E-state index contributed by atoms with van der Waals surface area (Å²) in [5, 5.41) is 12.0. The number of sulfone groups is 1. The monoisotopic (exact) mass is 264 g/mol. The molecule has 0 amide bonds. The van der Waals surface area contributed by atoms with E-state index >= 15 is 0 Å². The molecule has 0 aliphatic rings. The van der Waals surface area contributed by atoms with Gasteiger partial charge in [0.1, 0.15) is 9.84 Å². The van der Waals surface area contributed by atoms with Crippen LogP contribution in [0.5, 0.6) is 0 Å². The topological polar surface area (TPSA) is 77.7 Å². The van der Waals surface area contributed by atoms with Crippen molar-refractivity contribution in [3.8, 4) is 0 Å². The van der Waals surface area contributed by atoms with Crippen molar-refractivity contribution in [1.82, 2.24) is 20.2 Å². The summed E-state index contributed by atoms with van der Waals surface area (Å²) in [6.07, 6.45) is 1.22. The molecule has 0 saturated carbocycles. The molecule has 0 aliphatic heterocycles. The SMILES string of the molecule is CC(C)(C)n1nnnc1SCCS(C)(=O)=O. The number of hydrogen-bond donors (Lipinski definition) is 0. The molecule has 16 heavy (non-hydrogen) atoms. The van der Waals surface area contributed by atoms with Gasteiger partial charge in [0, 0.05) is 12.0 Å². The lowest BCUT2D eigenvalue weighted by molar-refractivity contribution is 0.321. The first-order valence-corrected chi connectivity index (χ1v) is 7.84. The van der Waals surface area contributed by atoms with E-state index in [9.17, 15) is 8.42 Å². The first-order valence-electron chi connectivity index (χ1n) is 4.79. The van der Waals surface area contributed by atoms with Gasteiger partial charge in [0.15, 0.2) is 0 Å². The minimum absolute atomic E-state index is 0.134. The van der Waals surface area contributed by atoms with Crippen molar-refractivity contribution >= 4 is 21.6 Å². The number of aromatic nitrogens is 4. The van der Waals surface area contributed by atoms with Gasteiger partial charge in [-0.3, -0.25) is 0 Å². The quantitative estimate of drug-likeness (QED) is 0.740. The molecule has 0 spiro atoms. The molecule has 1 rings (SSSR count). The number of hydrogen-bond acceptors (Lipinski definition) is 6. The Labute approximate surface area is 99.7 Å². The Morgan fingerprint density at radius 1 is 1.38 bits per heavy atom. The summed E-state index contributed by atoms with van der Waals surface area (Å²) in [5.74, 6) is 0.601. The van der Waals surface area contributed by atoms with E-state index in [2.05, 4.69) is 15.5 Å². The molecular formula is C8H16N4O2S2. The summed E-state index contributed by atoms with van der Waals surface area (Å²) in [4.78, 5) is 0. The van der Waals surface area contributed by atoms with E-state index < -0.39 is 9.84 Å². The van der Waals surface area contributed by atoms with Crippen molar-refractivity contribution in [3.05, 3.63) is 0 Å². The third kappa shape index (κ3) is 4.09. The van der Waals surface area contributed by atoms with Crippen LogP contribution < -0.4 is 0 Å². The molecule has 0 saturated heterocycles. The van der Waals surface area contributed by atoms with Gasteiger partial charge in [-0.25, -0.2) is 13.1 Å². The molecular weight excluding hydrogens is 248 g/mol. The standard InChI is InChI=1S/C8H16N4O2S2/c1-8(2,3)12-7(9-10-11-12)15-5-6-16(4,13)14/h5-6H2,1-4H3. The van der Waals surface area contributed by atoms with E-state index in [1.165, 1.54) is 18.0 Å². The molecule has 8 heteroatoms. The van der Waals surface area contributed by atoms with Gasteiger partial charge in [-0.2, -0.15) is 0 Å². The van der Waals surface area contributed by atoms with Crippen LogP contribution >= 0.6 is 11.8 Å². The summed E-state index contributed by atoms with van der Waals surface area (Å²) in [6, 6.07) is 0. The number of tetrazole rings is 1. The largest absolute Gasteiger partial charge is 0.229 e. The lowest BCUT2D eigenvalue weighted by atomic mass is 10.1. The Bertz CT molecular complexity index is 447. The molecule has 6 nitrogen and oxygen atoms in total. The fourth-order valence-electron chi connectivity index (χ4n) is 0.974. The van der Waals surface area contributed by atoms with Crippen LogP contribution in [0.15, 0.2) is 5.16 Å². The second-order valence-electron chi connectivity index (χ2n) is 4.52. The molecule has 0 unspecified atom stereocenters. The highest BCUT2D eigenvalue weighted by atomic mass is 32.2. The highest BCUT2D eigenvalue weighted by Gasteiger charge is 2.20. The lowest BCUT2D eigenvalue weighted by Crippen LogP contribution is -2.24. The van der Waals surface area contributed by atoms with Gasteiger partial charge < -0.3 is 0 Å². The van der Waals surface area contributed by atoms with Crippen LogP contribution in [0.1, 0.15) is 20.8 Å². The number of nitrogens with zero attached hydrogens (tertiary/aromatic N) is 4. The van der Waals surface area contributed by atoms with E-state index in [0.29, 0.717) is 10.9 Å². The Kier molecular flexibility index (Phi) is 3.95. The van der Waals surface area contributed by atoms with Crippen LogP contribution in [0.25, 0.3) is 0 Å². The van der Waals surface area contributed by atoms with Gasteiger partial charge in [-0.1, -0.05) is 11.8 Å². The van der Waals surface area contributed by atoms with E-state index in [-0.39, 0.29) is 11.3 Å². The van der Waals surface area contributed by atoms with Crippen molar-refractivity contribution in [2.24, 2.45) is 0 Å². The fourth-order valence-corrected chi connectivity index (χ4v) is 3.23. The summed E-state index contributed by atoms with van der Waals surface area (Å²) >= 11 is 1.36. The number of thioether (sulfide) groups is 1. The third-order valence-corrected chi connectivity index (χ3v) is 3.89. The highest BCUT2D eigenvalue weighted by Crippen LogP contribution is 2.21. The minimum atomic E-state index is -2.92. The third-order valence-electron chi connectivity index (χ3n) is 1.76. The normalized spacial score (nSPS) is 13.0. The minimum Gasteiger partial charge on any atom is -0.229 e.